The van der Waals surface area contributed by atoms with Crippen molar-refractivity contribution in [1.82, 2.24) is 9.80 Å². The summed E-state index contributed by atoms with van der Waals surface area (Å²) in [5.74, 6) is 0.0790. The summed E-state index contributed by atoms with van der Waals surface area (Å²) >= 11 is 11.9. The molecule has 1 aromatic rings. The Morgan fingerprint density at radius 2 is 1.70 bits per heavy atom. The van der Waals surface area contributed by atoms with Crippen LogP contribution in [-0.4, -0.2) is 47.8 Å². The van der Waals surface area contributed by atoms with Crippen LogP contribution in [0.3, 0.4) is 0 Å². The van der Waals surface area contributed by atoms with Crippen LogP contribution < -0.4 is 0 Å². The van der Waals surface area contributed by atoms with E-state index in [1.54, 1.807) is 34.9 Å². The fourth-order valence-corrected chi connectivity index (χ4v) is 2.69. The van der Waals surface area contributed by atoms with Gasteiger partial charge in [0.1, 0.15) is 0 Å². The summed E-state index contributed by atoms with van der Waals surface area (Å²) in [7, 11) is 0. The van der Waals surface area contributed by atoms with E-state index in [0.717, 1.165) is 5.56 Å². The minimum absolute atomic E-state index is 0.0254. The van der Waals surface area contributed by atoms with Gasteiger partial charge in [-0.25, -0.2) is 0 Å². The standard InChI is InChI=1S/C14H16Cl2N2O2/c1-10(19)17-4-6-18(7-5-17)14(20)8-11-2-3-12(15)9-13(11)16/h2-3,9H,4-8H2,1H3. The van der Waals surface area contributed by atoms with Crippen LogP contribution in [0.15, 0.2) is 18.2 Å². The van der Waals surface area contributed by atoms with Crippen molar-refractivity contribution in [3.8, 4) is 0 Å². The average molecular weight is 315 g/mol. The first-order valence-electron chi connectivity index (χ1n) is 6.44. The highest BCUT2D eigenvalue weighted by Crippen LogP contribution is 2.22. The topological polar surface area (TPSA) is 40.6 Å². The van der Waals surface area contributed by atoms with Crippen LogP contribution in [-0.2, 0) is 16.0 Å². The van der Waals surface area contributed by atoms with Crippen molar-refractivity contribution in [3.05, 3.63) is 33.8 Å². The largest absolute Gasteiger partial charge is 0.339 e. The molecule has 0 radical (unpaired) electrons. The lowest BCUT2D eigenvalue weighted by Crippen LogP contribution is -2.50. The quantitative estimate of drug-likeness (QED) is 0.840. The van der Waals surface area contributed by atoms with Crippen LogP contribution in [0, 0.1) is 0 Å². The number of nitrogens with zero attached hydrogens (tertiary/aromatic N) is 2. The van der Waals surface area contributed by atoms with Gasteiger partial charge in [0.25, 0.3) is 0 Å². The summed E-state index contributed by atoms with van der Waals surface area (Å²) in [5, 5.41) is 1.06. The van der Waals surface area contributed by atoms with Crippen molar-refractivity contribution < 1.29 is 9.59 Å². The monoisotopic (exact) mass is 314 g/mol. The van der Waals surface area contributed by atoms with Gasteiger partial charge in [0.2, 0.25) is 11.8 Å². The molecule has 0 aliphatic carbocycles. The van der Waals surface area contributed by atoms with Gasteiger partial charge >= 0.3 is 0 Å². The molecule has 4 nitrogen and oxygen atoms in total. The van der Waals surface area contributed by atoms with Crippen molar-refractivity contribution in [2.75, 3.05) is 26.2 Å². The van der Waals surface area contributed by atoms with Gasteiger partial charge in [-0.2, -0.15) is 0 Å². The first-order valence-corrected chi connectivity index (χ1v) is 7.20. The van der Waals surface area contributed by atoms with Gasteiger partial charge < -0.3 is 9.80 Å². The summed E-state index contributed by atoms with van der Waals surface area (Å²) in [6.07, 6.45) is 0.260. The number of piperazine rings is 1. The minimum atomic E-state index is 0.0254. The second-order valence-electron chi connectivity index (χ2n) is 4.80. The van der Waals surface area contributed by atoms with E-state index in [9.17, 15) is 9.59 Å². The average Bonchev–Trinajstić information content (AvgIpc) is 2.42. The highest BCUT2D eigenvalue weighted by molar-refractivity contribution is 6.35. The van der Waals surface area contributed by atoms with E-state index in [1.165, 1.54) is 0 Å². The maximum atomic E-state index is 12.2. The maximum absolute atomic E-state index is 12.2. The number of rotatable bonds is 2. The van der Waals surface area contributed by atoms with Crippen LogP contribution >= 0.6 is 23.2 Å². The van der Waals surface area contributed by atoms with Crippen LogP contribution in [0.4, 0.5) is 0 Å². The zero-order valence-corrected chi connectivity index (χ0v) is 12.7. The molecule has 1 aliphatic heterocycles. The normalized spacial score (nSPS) is 15.3. The van der Waals surface area contributed by atoms with Gasteiger partial charge in [-0.15, -0.1) is 0 Å². The Hall–Kier alpha value is -1.26. The summed E-state index contributed by atoms with van der Waals surface area (Å²) < 4.78 is 0. The number of carbonyl (C=O) groups excluding carboxylic acids is 2. The van der Waals surface area contributed by atoms with Gasteiger partial charge in [-0.05, 0) is 17.7 Å². The third-order valence-electron chi connectivity index (χ3n) is 3.43. The smallest absolute Gasteiger partial charge is 0.227 e. The number of hydrogen-bond acceptors (Lipinski definition) is 2. The Kier molecular flexibility index (Phi) is 4.89. The molecule has 0 aromatic heterocycles. The highest BCUT2D eigenvalue weighted by atomic mass is 35.5. The van der Waals surface area contributed by atoms with Crippen LogP contribution in [0.2, 0.25) is 10.0 Å². The van der Waals surface area contributed by atoms with Crippen molar-refractivity contribution in [2.45, 2.75) is 13.3 Å². The number of carbonyl (C=O) groups is 2. The van der Waals surface area contributed by atoms with E-state index >= 15 is 0 Å². The van der Waals surface area contributed by atoms with Crippen LogP contribution in [0.25, 0.3) is 0 Å². The molecule has 2 rings (SSSR count). The zero-order chi connectivity index (χ0) is 14.7. The summed E-state index contributed by atoms with van der Waals surface area (Å²) in [5.41, 5.74) is 0.773. The molecule has 20 heavy (non-hydrogen) atoms. The van der Waals surface area contributed by atoms with Crippen molar-refractivity contribution in [3.63, 3.8) is 0 Å². The third-order valence-corrected chi connectivity index (χ3v) is 4.02. The molecular formula is C14H16Cl2N2O2. The minimum Gasteiger partial charge on any atom is -0.339 e. The predicted octanol–water partition coefficient (Wildman–Crippen LogP) is 2.23. The molecule has 0 spiro atoms. The fourth-order valence-electron chi connectivity index (χ4n) is 2.21. The lowest BCUT2D eigenvalue weighted by molar-refractivity contribution is -0.138. The van der Waals surface area contributed by atoms with Crippen LogP contribution in [0.1, 0.15) is 12.5 Å². The molecular weight excluding hydrogens is 299 g/mol. The second kappa shape index (κ2) is 6.46. The number of halogens is 2. The molecule has 1 heterocycles. The molecule has 0 atom stereocenters. The summed E-state index contributed by atoms with van der Waals surface area (Å²) in [6, 6.07) is 5.14. The first-order chi connectivity index (χ1) is 9.47. The Morgan fingerprint density at radius 1 is 1.10 bits per heavy atom. The Balaban J connectivity index is 1.94. The van der Waals surface area contributed by atoms with E-state index in [4.69, 9.17) is 23.2 Å². The van der Waals surface area contributed by atoms with Gasteiger partial charge in [0, 0.05) is 43.1 Å². The van der Waals surface area contributed by atoms with E-state index in [1.807, 2.05) is 0 Å². The third kappa shape index (κ3) is 3.64. The number of benzene rings is 1. The Morgan fingerprint density at radius 3 is 2.25 bits per heavy atom. The lowest BCUT2D eigenvalue weighted by atomic mass is 10.1. The molecule has 1 saturated heterocycles. The van der Waals surface area contributed by atoms with Crippen molar-refractivity contribution >= 4 is 35.0 Å². The Labute approximate surface area is 128 Å². The van der Waals surface area contributed by atoms with Crippen LogP contribution in [0.5, 0.6) is 0 Å². The second-order valence-corrected chi connectivity index (χ2v) is 5.64. The summed E-state index contributed by atoms with van der Waals surface area (Å²) in [4.78, 5) is 27.0. The molecule has 1 aliphatic rings. The molecule has 0 bridgehead atoms. The molecule has 0 saturated carbocycles. The summed E-state index contributed by atoms with van der Waals surface area (Å²) in [6.45, 7) is 3.88. The molecule has 1 fully saturated rings. The molecule has 0 N–H and O–H groups in total. The molecule has 1 aromatic carbocycles. The van der Waals surface area contributed by atoms with E-state index in [0.29, 0.717) is 36.2 Å². The Bertz CT molecular complexity index is 526. The van der Waals surface area contributed by atoms with Gasteiger partial charge in [0.05, 0.1) is 6.42 Å². The van der Waals surface area contributed by atoms with E-state index in [2.05, 4.69) is 0 Å². The maximum Gasteiger partial charge on any atom is 0.227 e. The highest BCUT2D eigenvalue weighted by Gasteiger charge is 2.22. The molecule has 0 unspecified atom stereocenters. The molecule has 6 heteroatoms. The van der Waals surface area contributed by atoms with E-state index < -0.39 is 0 Å². The van der Waals surface area contributed by atoms with Crippen molar-refractivity contribution in [2.24, 2.45) is 0 Å². The SMILES string of the molecule is CC(=O)N1CCN(C(=O)Cc2ccc(Cl)cc2Cl)CC1. The lowest BCUT2D eigenvalue weighted by Gasteiger charge is -2.34. The fraction of sp³-hybridized carbons (Fsp3) is 0.429. The van der Waals surface area contributed by atoms with E-state index in [-0.39, 0.29) is 18.2 Å². The van der Waals surface area contributed by atoms with Crippen molar-refractivity contribution in [1.29, 1.82) is 0 Å². The molecule has 108 valence electrons. The number of amides is 2. The molecule has 2 amide bonds. The first kappa shape index (κ1) is 15.1. The zero-order valence-electron chi connectivity index (χ0n) is 11.2. The van der Waals surface area contributed by atoms with Gasteiger partial charge in [0.15, 0.2) is 0 Å². The van der Waals surface area contributed by atoms with Gasteiger partial charge in [-0.1, -0.05) is 29.3 Å². The van der Waals surface area contributed by atoms with Gasteiger partial charge in [-0.3, -0.25) is 9.59 Å². The number of hydrogen-bond donors (Lipinski definition) is 0. The predicted molar refractivity (Wildman–Crippen MR) is 79.0 cm³/mol.